The monoisotopic (exact) mass is 516 g/mol. The smallest absolute Gasteiger partial charge is 0.254 e. The molecule has 1 aromatic heterocycles. The highest BCUT2D eigenvalue weighted by molar-refractivity contribution is 5.98. The average molecular weight is 517 g/mol. The molecule has 5 heteroatoms. The molecule has 3 aromatic carbocycles. The highest BCUT2D eigenvalue weighted by atomic mass is 16.2. The van der Waals surface area contributed by atoms with Gasteiger partial charge in [0.15, 0.2) is 0 Å². The van der Waals surface area contributed by atoms with Gasteiger partial charge in [-0.05, 0) is 42.1 Å². The summed E-state index contributed by atoms with van der Waals surface area (Å²) in [5.41, 5.74) is 5.87. The summed E-state index contributed by atoms with van der Waals surface area (Å²) >= 11 is 0. The van der Waals surface area contributed by atoms with Crippen LogP contribution in [0.5, 0.6) is 0 Å². The van der Waals surface area contributed by atoms with E-state index in [9.17, 15) is 4.79 Å². The molecule has 0 unspecified atom stereocenters. The molecule has 2 aliphatic heterocycles. The topological polar surface area (TPSA) is 39.7 Å². The van der Waals surface area contributed by atoms with Crippen LogP contribution in [0.15, 0.2) is 103 Å². The fourth-order valence-electron chi connectivity index (χ4n) is 6.07. The highest BCUT2D eigenvalue weighted by Crippen LogP contribution is 2.30. The second-order valence-electron chi connectivity index (χ2n) is 10.6. The molecule has 5 nitrogen and oxygen atoms in total. The molecule has 0 bridgehead atoms. The molecule has 3 heterocycles. The molecule has 2 aliphatic rings. The van der Waals surface area contributed by atoms with Crippen molar-refractivity contribution in [1.82, 2.24) is 14.8 Å². The first kappa shape index (κ1) is 25.3. The van der Waals surface area contributed by atoms with E-state index < -0.39 is 0 Å². The maximum atomic E-state index is 13.4. The third-order valence-electron chi connectivity index (χ3n) is 8.21. The summed E-state index contributed by atoms with van der Waals surface area (Å²) in [5, 5.41) is 0. The van der Waals surface area contributed by atoms with Crippen LogP contribution in [-0.2, 0) is 13.0 Å². The predicted molar refractivity (Wildman–Crippen MR) is 157 cm³/mol. The lowest BCUT2D eigenvalue weighted by atomic mass is 9.88. The van der Waals surface area contributed by atoms with E-state index >= 15 is 0 Å². The van der Waals surface area contributed by atoms with Crippen molar-refractivity contribution in [1.29, 1.82) is 0 Å². The van der Waals surface area contributed by atoms with Crippen LogP contribution in [0, 0.1) is 0 Å². The van der Waals surface area contributed by atoms with Gasteiger partial charge in [-0.15, -0.1) is 0 Å². The largest absolute Gasteiger partial charge is 0.354 e. The number of carbonyl (C=O) groups excluding carboxylic acids is 1. The molecule has 39 heavy (non-hydrogen) atoms. The molecule has 0 saturated carbocycles. The predicted octanol–water partition coefficient (Wildman–Crippen LogP) is 5.62. The number of pyridine rings is 1. The summed E-state index contributed by atoms with van der Waals surface area (Å²) in [6.07, 6.45) is 3.76. The van der Waals surface area contributed by atoms with E-state index in [-0.39, 0.29) is 5.91 Å². The van der Waals surface area contributed by atoms with Crippen LogP contribution in [0.3, 0.4) is 0 Å². The van der Waals surface area contributed by atoms with Crippen molar-refractivity contribution < 1.29 is 4.79 Å². The van der Waals surface area contributed by atoms with Crippen LogP contribution >= 0.6 is 0 Å². The maximum absolute atomic E-state index is 13.4. The summed E-state index contributed by atoms with van der Waals surface area (Å²) < 4.78 is 0. The van der Waals surface area contributed by atoms with Gasteiger partial charge in [0.25, 0.3) is 5.91 Å². The minimum atomic E-state index is 0.121. The number of piperazine rings is 1. The number of fused-ring (bicyclic) bond motifs is 1. The summed E-state index contributed by atoms with van der Waals surface area (Å²) in [6.45, 7) is 6.35. The lowest BCUT2D eigenvalue weighted by Gasteiger charge is -2.38. The number of benzene rings is 3. The van der Waals surface area contributed by atoms with E-state index in [1.54, 1.807) is 0 Å². The fraction of sp³-hybridized carbons (Fsp3) is 0.294. The van der Waals surface area contributed by atoms with Gasteiger partial charge in [-0.25, -0.2) is 4.98 Å². The molecule has 0 aliphatic carbocycles. The van der Waals surface area contributed by atoms with Crippen molar-refractivity contribution in [3.05, 3.63) is 131 Å². The molecule has 6 rings (SSSR count). The molecule has 1 fully saturated rings. The Morgan fingerprint density at radius 1 is 0.718 bits per heavy atom. The molecule has 198 valence electrons. The Hall–Kier alpha value is -3.96. The number of nitrogens with zero attached hydrogens (tertiary/aromatic N) is 4. The molecular formula is C34H36N4O. The normalized spacial score (nSPS) is 16.0. The summed E-state index contributed by atoms with van der Waals surface area (Å²) in [4.78, 5) is 25.1. The van der Waals surface area contributed by atoms with Crippen LogP contribution in [0.25, 0.3) is 0 Å². The van der Waals surface area contributed by atoms with E-state index in [4.69, 9.17) is 4.98 Å². The average Bonchev–Trinajstić information content (AvgIpc) is 3.00. The van der Waals surface area contributed by atoms with Gasteiger partial charge < -0.3 is 9.80 Å². The van der Waals surface area contributed by atoms with Crippen molar-refractivity contribution in [2.24, 2.45) is 0 Å². The van der Waals surface area contributed by atoms with Crippen LogP contribution in [0.1, 0.15) is 45.0 Å². The van der Waals surface area contributed by atoms with Crippen molar-refractivity contribution in [3.8, 4) is 0 Å². The molecule has 0 atom stereocenters. The first-order valence-corrected chi connectivity index (χ1v) is 14.1. The molecule has 0 radical (unpaired) electrons. The number of aromatic nitrogens is 1. The van der Waals surface area contributed by atoms with Gasteiger partial charge in [0, 0.05) is 62.5 Å². The van der Waals surface area contributed by atoms with Gasteiger partial charge in [-0.2, -0.15) is 0 Å². The second-order valence-corrected chi connectivity index (χ2v) is 10.6. The van der Waals surface area contributed by atoms with Crippen molar-refractivity contribution in [2.45, 2.75) is 25.3 Å². The molecule has 0 N–H and O–H groups in total. The number of anilines is 1. The molecular weight excluding hydrogens is 480 g/mol. The maximum Gasteiger partial charge on any atom is 0.254 e. The van der Waals surface area contributed by atoms with E-state index in [2.05, 4.69) is 82.6 Å². The Balaban J connectivity index is 1.09. The Morgan fingerprint density at radius 3 is 1.97 bits per heavy atom. The zero-order valence-corrected chi connectivity index (χ0v) is 22.5. The zero-order valence-electron chi connectivity index (χ0n) is 22.5. The van der Waals surface area contributed by atoms with Crippen LogP contribution < -0.4 is 4.90 Å². The number of hydrogen-bond acceptors (Lipinski definition) is 4. The van der Waals surface area contributed by atoms with Crippen molar-refractivity contribution in [3.63, 3.8) is 0 Å². The van der Waals surface area contributed by atoms with E-state index in [0.29, 0.717) is 12.5 Å². The number of hydrogen-bond donors (Lipinski definition) is 0. The summed E-state index contributed by atoms with van der Waals surface area (Å²) in [6, 6.07) is 33.9. The standard InChI is InChI=1S/C34H36N4O/c39-34-32-16-19-35-33(31(32)18-21-38(34)26-27-10-4-1-5-11-27)37-24-22-36(23-25-37)20-17-30(28-12-6-2-7-13-28)29-14-8-3-9-15-29/h1-16,19,30H,17-18,20-26H2. The first-order valence-electron chi connectivity index (χ1n) is 14.1. The van der Waals surface area contributed by atoms with Gasteiger partial charge in [0.2, 0.25) is 0 Å². The molecule has 0 spiro atoms. The van der Waals surface area contributed by atoms with Crippen molar-refractivity contribution >= 4 is 11.7 Å². The Morgan fingerprint density at radius 2 is 1.33 bits per heavy atom. The van der Waals surface area contributed by atoms with E-state index in [0.717, 1.165) is 69.1 Å². The third-order valence-corrected chi connectivity index (χ3v) is 8.21. The highest BCUT2D eigenvalue weighted by Gasteiger charge is 2.29. The second kappa shape index (κ2) is 11.8. The van der Waals surface area contributed by atoms with Gasteiger partial charge in [0.05, 0.1) is 0 Å². The zero-order chi connectivity index (χ0) is 26.4. The lowest BCUT2D eigenvalue weighted by Crippen LogP contribution is -2.48. The van der Waals surface area contributed by atoms with Gasteiger partial charge in [-0.1, -0.05) is 91.0 Å². The van der Waals surface area contributed by atoms with Crippen LogP contribution in [0.4, 0.5) is 5.82 Å². The lowest BCUT2D eigenvalue weighted by molar-refractivity contribution is 0.0727. The van der Waals surface area contributed by atoms with E-state index in [1.165, 1.54) is 16.7 Å². The van der Waals surface area contributed by atoms with Crippen molar-refractivity contribution in [2.75, 3.05) is 44.2 Å². The Kier molecular flexibility index (Phi) is 7.68. The molecule has 1 amide bonds. The third kappa shape index (κ3) is 5.74. The summed E-state index contributed by atoms with van der Waals surface area (Å²) in [5.74, 6) is 1.53. The van der Waals surface area contributed by atoms with Crippen LogP contribution in [0.2, 0.25) is 0 Å². The number of rotatable bonds is 8. The molecule has 4 aromatic rings. The van der Waals surface area contributed by atoms with E-state index in [1.807, 2.05) is 35.4 Å². The Bertz CT molecular complexity index is 1330. The van der Waals surface area contributed by atoms with Gasteiger partial charge in [0.1, 0.15) is 5.82 Å². The Labute approximate surface area is 231 Å². The fourth-order valence-corrected chi connectivity index (χ4v) is 6.07. The quantitative estimate of drug-likeness (QED) is 0.305. The van der Waals surface area contributed by atoms with Crippen LogP contribution in [-0.4, -0.2) is 60.0 Å². The SMILES string of the molecule is O=C1c2ccnc(N3CCN(CCC(c4ccccc4)c4ccccc4)CC3)c2CCN1Cc1ccccc1. The minimum absolute atomic E-state index is 0.121. The molecule has 1 saturated heterocycles. The first-order chi connectivity index (χ1) is 19.3. The van der Waals surface area contributed by atoms with Gasteiger partial charge in [-0.3, -0.25) is 9.69 Å². The minimum Gasteiger partial charge on any atom is -0.354 e. The number of amides is 1. The number of carbonyl (C=O) groups is 1. The summed E-state index contributed by atoms with van der Waals surface area (Å²) in [7, 11) is 0. The van der Waals surface area contributed by atoms with Gasteiger partial charge >= 0.3 is 0 Å².